The van der Waals surface area contributed by atoms with Crippen molar-refractivity contribution in [1.29, 1.82) is 0 Å². The van der Waals surface area contributed by atoms with Crippen LogP contribution in [0, 0.1) is 0 Å². The highest BCUT2D eigenvalue weighted by Gasteiger charge is 2.36. The quantitative estimate of drug-likeness (QED) is 0.699. The van der Waals surface area contributed by atoms with E-state index in [2.05, 4.69) is 10.3 Å². The number of aromatic nitrogens is 2. The van der Waals surface area contributed by atoms with Gasteiger partial charge in [-0.2, -0.15) is 0 Å². The number of amides is 1. The number of carbonyl (C=O) groups is 1. The van der Waals surface area contributed by atoms with Crippen LogP contribution >= 0.6 is 34.8 Å². The summed E-state index contributed by atoms with van der Waals surface area (Å²) in [5.41, 5.74) is 1.99. The van der Waals surface area contributed by atoms with Crippen LogP contribution in [0.1, 0.15) is 16.5 Å². The van der Waals surface area contributed by atoms with E-state index in [0.29, 0.717) is 5.56 Å². The van der Waals surface area contributed by atoms with Gasteiger partial charge in [0.05, 0.1) is 17.4 Å². The van der Waals surface area contributed by atoms with Crippen LogP contribution in [0.4, 0.5) is 0 Å². The molecule has 118 valence electrons. The topological polar surface area (TPSA) is 46.9 Å². The maximum atomic E-state index is 12.4. The third-order valence-corrected chi connectivity index (χ3v) is 3.99. The van der Waals surface area contributed by atoms with Gasteiger partial charge in [-0.3, -0.25) is 4.79 Å². The monoisotopic (exact) mass is 367 g/mol. The van der Waals surface area contributed by atoms with Crippen LogP contribution in [0.2, 0.25) is 0 Å². The summed E-state index contributed by atoms with van der Waals surface area (Å²) in [4.78, 5) is 16.7. The molecule has 3 rings (SSSR count). The zero-order chi connectivity index (χ0) is 16.4. The van der Waals surface area contributed by atoms with Crippen molar-refractivity contribution in [3.05, 3.63) is 66.5 Å². The summed E-state index contributed by atoms with van der Waals surface area (Å²) < 4.78 is -0.100. The standard InChI is InChI=1S/C16H12Cl3N3O/c17-16(18,19)15(21-14(23)11-6-2-1-3-7-11)22-10-20-12-8-4-5-9-13(12)22/h1-10,15H,(H,21,23). The maximum Gasteiger partial charge on any atom is 0.253 e. The second kappa shape index (κ2) is 6.40. The van der Waals surface area contributed by atoms with E-state index in [0.717, 1.165) is 11.0 Å². The minimum atomic E-state index is -1.74. The molecule has 2 aromatic carbocycles. The molecule has 0 aliphatic carbocycles. The highest BCUT2D eigenvalue weighted by molar-refractivity contribution is 6.68. The molecule has 0 aliphatic rings. The molecule has 0 bridgehead atoms. The minimum absolute atomic E-state index is 0.334. The average Bonchev–Trinajstić information content (AvgIpc) is 2.96. The first-order valence-electron chi connectivity index (χ1n) is 6.81. The van der Waals surface area contributed by atoms with Crippen LogP contribution in [0.25, 0.3) is 11.0 Å². The van der Waals surface area contributed by atoms with E-state index < -0.39 is 9.96 Å². The Morgan fingerprint density at radius 2 is 1.70 bits per heavy atom. The Morgan fingerprint density at radius 1 is 1.04 bits per heavy atom. The Hall–Kier alpha value is -1.75. The summed E-state index contributed by atoms with van der Waals surface area (Å²) in [6, 6.07) is 16.2. The lowest BCUT2D eigenvalue weighted by Gasteiger charge is -2.27. The number of rotatable bonds is 3. The van der Waals surface area contributed by atoms with Gasteiger partial charge >= 0.3 is 0 Å². The van der Waals surface area contributed by atoms with Gasteiger partial charge in [0.1, 0.15) is 0 Å². The van der Waals surface area contributed by atoms with Crippen molar-refractivity contribution in [2.24, 2.45) is 0 Å². The SMILES string of the molecule is O=C(NC(n1cnc2ccccc21)C(Cl)(Cl)Cl)c1ccccc1. The van der Waals surface area contributed by atoms with Crippen molar-refractivity contribution in [2.75, 3.05) is 0 Å². The summed E-state index contributed by atoms with van der Waals surface area (Å²) >= 11 is 18.3. The van der Waals surface area contributed by atoms with Crippen molar-refractivity contribution >= 4 is 51.7 Å². The van der Waals surface area contributed by atoms with E-state index in [1.807, 2.05) is 30.3 Å². The number of alkyl halides is 3. The number of nitrogens with zero attached hydrogens (tertiary/aromatic N) is 2. The van der Waals surface area contributed by atoms with E-state index in [-0.39, 0.29) is 5.91 Å². The number of halogens is 3. The molecular weight excluding hydrogens is 357 g/mol. The molecule has 1 aromatic heterocycles. The lowest BCUT2D eigenvalue weighted by atomic mass is 10.2. The van der Waals surface area contributed by atoms with Crippen molar-refractivity contribution in [3.63, 3.8) is 0 Å². The Balaban J connectivity index is 1.98. The number of benzene rings is 2. The molecule has 1 heterocycles. The summed E-state index contributed by atoms with van der Waals surface area (Å²) in [6.07, 6.45) is 0.648. The number of nitrogens with one attached hydrogen (secondary N) is 1. The number of carbonyl (C=O) groups excluding carboxylic acids is 1. The number of fused-ring (bicyclic) bond motifs is 1. The highest BCUT2D eigenvalue weighted by Crippen LogP contribution is 2.38. The zero-order valence-electron chi connectivity index (χ0n) is 11.8. The Bertz CT molecular complexity index is 827. The third-order valence-electron chi connectivity index (χ3n) is 3.37. The van der Waals surface area contributed by atoms with Crippen LogP contribution in [-0.4, -0.2) is 19.3 Å². The minimum Gasteiger partial charge on any atom is -0.328 e. The second-order valence-electron chi connectivity index (χ2n) is 4.92. The third kappa shape index (κ3) is 3.44. The van der Waals surface area contributed by atoms with E-state index >= 15 is 0 Å². The molecule has 0 aliphatic heterocycles. The largest absolute Gasteiger partial charge is 0.328 e. The summed E-state index contributed by atoms with van der Waals surface area (Å²) in [6.45, 7) is 0. The van der Waals surface area contributed by atoms with Gasteiger partial charge in [-0.05, 0) is 24.3 Å². The van der Waals surface area contributed by atoms with Crippen LogP contribution in [0.5, 0.6) is 0 Å². The second-order valence-corrected chi connectivity index (χ2v) is 7.29. The van der Waals surface area contributed by atoms with E-state index in [9.17, 15) is 4.79 Å². The summed E-state index contributed by atoms with van der Waals surface area (Å²) in [7, 11) is 0. The molecule has 1 N–H and O–H groups in total. The first-order valence-corrected chi connectivity index (χ1v) is 7.94. The normalized spacial score (nSPS) is 13.0. The van der Waals surface area contributed by atoms with Gasteiger partial charge in [-0.1, -0.05) is 65.1 Å². The van der Waals surface area contributed by atoms with E-state index in [1.54, 1.807) is 35.2 Å². The number of para-hydroxylation sites is 2. The first kappa shape index (κ1) is 16.1. The molecule has 4 nitrogen and oxygen atoms in total. The van der Waals surface area contributed by atoms with Crippen molar-refractivity contribution in [1.82, 2.24) is 14.9 Å². The number of hydrogen-bond acceptors (Lipinski definition) is 2. The van der Waals surface area contributed by atoms with Crippen LogP contribution in [0.15, 0.2) is 60.9 Å². The molecule has 0 radical (unpaired) electrons. The predicted molar refractivity (Wildman–Crippen MR) is 93.0 cm³/mol. The Labute approximate surface area is 148 Å². The van der Waals surface area contributed by atoms with E-state index in [4.69, 9.17) is 34.8 Å². The van der Waals surface area contributed by atoms with Crippen molar-refractivity contribution < 1.29 is 4.79 Å². The first-order chi connectivity index (χ1) is 11.0. The van der Waals surface area contributed by atoms with Gasteiger partial charge in [0.2, 0.25) is 3.79 Å². The zero-order valence-corrected chi connectivity index (χ0v) is 14.1. The predicted octanol–water partition coefficient (Wildman–Crippen LogP) is 4.34. The Morgan fingerprint density at radius 3 is 2.39 bits per heavy atom. The summed E-state index contributed by atoms with van der Waals surface area (Å²) in [5, 5.41) is 2.76. The lowest BCUT2D eigenvalue weighted by Crippen LogP contribution is -2.40. The maximum absolute atomic E-state index is 12.4. The van der Waals surface area contributed by atoms with Crippen LogP contribution < -0.4 is 5.32 Å². The molecule has 3 aromatic rings. The number of imidazole rings is 1. The summed E-state index contributed by atoms with van der Waals surface area (Å²) in [5.74, 6) is -0.334. The molecule has 0 fully saturated rings. The fourth-order valence-corrected chi connectivity index (χ4v) is 2.77. The fraction of sp³-hybridized carbons (Fsp3) is 0.125. The van der Waals surface area contributed by atoms with Crippen molar-refractivity contribution in [3.8, 4) is 0 Å². The average molecular weight is 369 g/mol. The van der Waals surface area contributed by atoms with Gasteiger partial charge in [-0.15, -0.1) is 0 Å². The van der Waals surface area contributed by atoms with Crippen molar-refractivity contribution in [2.45, 2.75) is 9.96 Å². The molecule has 1 amide bonds. The molecule has 0 saturated carbocycles. The van der Waals surface area contributed by atoms with E-state index in [1.165, 1.54) is 0 Å². The molecule has 7 heteroatoms. The van der Waals surface area contributed by atoms with Gasteiger partial charge in [0, 0.05) is 5.56 Å². The molecule has 1 atom stereocenters. The number of hydrogen-bond donors (Lipinski definition) is 1. The van der Waals surface area contributed by atoms with Gasteiger partial charge < -0.3 is 9.88 Å². The van der Waals surface area contributed by atoms with Crippen LogP contribution in [0.3, 0.4) is 0 Å². The Kier molecular flexibility index (Phi) is 4.48. The molecule has 1 unspecified atom stereocenters. The lowest BCUT2D eigenvalue weighted by molar-refractivity contribution is 0.0922. The van der Waals surface area contributed by atoms with Crippen LogP contribution in [-0.2, 0) is 0 Å². The smallest absolute Gasteiger partial charge is 0.253 e. The molecule has 23 heavy (non-hydrogen) atoms. The van der Waals surface area contributed by atoms with Gasteiger partial charge in [0.25, 0.3) is 5.91 Å². The van der Waals surface area contributed by atoms with Gasteiger partial charge in [0.15, 0.2) is 6.17 Å². The molecule has 0 spiro atoms. The highest BCUT2D eigenvalue weighted by atomic mass is 35.6. The molecule has 0 saturated heterocycles. The van der Waals surface area contributed by atoms with Gasteiger partial charge in [-0.25, -0.2) is 4.98 Å². The fourth-order valence-electron chi connectivity index (χ4n) is 2.29. The molecular formula is C16H12Cl3N3O.